The van der Waals surface area contributed by atoms with Gasteiger partial charge in [-0.25, -0.2) is 5.01 Å². The van der Waals surface area contributed by atoms with E-state index in [2.05, 4.69) is 20.7 Å². The molecule has 1 amide bonds. The summed E-state index contributed by atoms with van der Waals surface area (Å²) in [5.41, 5.74) is 3.73. The van der Waals surface area contributed by atoms with Crippen molar-refractivity contribution in [3.8, 4) is 0 Å². The molecular weight excluding hydrogens is 452 g/mol. The number of carbonyl (C=O) groups is 2. The number of rotatable bonds is 7. The fourth-order valence-electron chi connectivity index (χ4n) is 8.16. The summed E-state index contributed by atoms with van der Waals surface area (Å²) in [5.74, 6) is 0.927. The van der Waals surface area contributed by atoms with Crippen molar-refractivity contribution in [2.45, 2.75) is 121 Å². The second-order valence-corrected chi connectivity index (χ2v) is 12.7. The van der Waals surface area contributed by atoms with Crippen LogP contribution in [0, 0.1) is 23.7 Å². The van der Waals surface area contributed by atoms with Gasteiger partial charge in [0.2, 0.25) is 5.91 Å². The SMILES string of the molecule is O=C(O)C1CCC(CN2CCC(NC(=O)C3CNN(C4CCCCC4)C3C3CCCCC3)CC2)CC1. The smallest absolute Gasteiger partial charge is 0.306 e. The summed E-state index contributed by atoms with van der Waals surface area (Å²) in [6.07, 6.45) is 19.0. The first-order valence-electron chi connectivity index (χ1n) is 15.4. The fraction of sp³-hybridized carbons (Fsp3) is 0.931. The molecular formula is C29H50N4O3. The molecule has 3 aliphatic carbocycles. The maximum absolute atomic E-state index is 13.6. The van der Waals surface area contributed by atoms with Crippen LogP contribution in [0.15, 0.2) is 0 Å². The van der Waals surface area contributed by atoms with Crippen molar-refractivity contribution in [3.05, 3.63) is 0 Å². The molecule has 36 heavy (non-hydrogen) atoms. The number of nitrogens with zero attached hydrogens (tertiary/aromatic N) is 2. The van der Waals surface area contributed by atoms with E-state index >= 15 is 0 Å². The van der Waals surface area contributed by atoms with Crippen molar-refractivity contribution in [2.24, 2.45) is 23.7 Å². The standard InChI is InChI=1S/C29H50N4O3/c34-28(31-24-15-17-32(18-16-24)20-21-11-13-23(14-12-21)29(35)36)26-19-30-33(25-9-5-2-6-10-25)27(26)22-7-3-1-4-8-22/h21-27,30H,1-20H2,(H,31,34)(H,35,36). The van der Waals surface area contributed by atoms with Crippen LogP contribution in [0.2, 0.25) is 0 Å². The van der Waals surface area contributed by atoms with Crippen molar-refractivity contribution in [1.29, 1.82) is 0 Å². The lowest BCUT2D eigenvalue weighted by Crippen LogP contribution is -2.53. The van der Waals surface area contributed by atoms with Crippen LogP contribution in [0.4, 0.5) is 0 Å². The Morgan fingerprint density at radius 1 is 0.806 bits per heavy atom. The van der Waals surface area contributed by atoms with Gasteiger partial charge in [0.15, 0.2) is 0 Å². The Balaban J connectivity index is 1.11. The highest BCUT2D eigenvalue weighted by Crippen LogP contribution is 2.38. The van der Waals surface area contributed by atoms with E-state index in [0.717, 1.165) is 64.7 Å². The number of hydrazine groups is 1. The number of amides is 1. The molecule has 3 N–H and O–H groups in total. The molecule has 0 aromatic heterocycles. The van der Waals surface area contributed by atoms with Crippen LogP contribution in [0.5, 0.6) is 0 Å². The van der Waals surface area contributed by atoms with Gasteiger partial charge in [0, 0.05) is 44.3 Å². The number of nitrogens with one attached hydrogen (secondary N) is 2. The second-order valence-electron chi connectivity index (χ2n) is 12.7. The predicted molar refractivity (Wildman–Crippen MR) is 141 cm³/mol. The molecule has 7 heteroatoms. The van der Waals surface area contributed by atoms with Crippen LogP contribution in [0.25, 0.3) is 0 Å². The maximum Gasteiger partial charge on any atom is 0.306 e. The first-order chi connectivity index (χ1) is 17.6. The van der Waals surface area contributed by atoms with E-state index < -0.39 is 5.97 Å². The highest BCUT2D eigenvalue weighted by molar-refractivity contribution is 5.80. The van der Waals surface area contributed by atoms with Gasteiger partial charge < -0.3 is 15.3 Å². The molecule has 3 saturated carbocycles. The lowest BCUT2D eigenvalue weighted by molar-refractivity contribution is -0.143. The molecule has 2 unspecified atom stereocenters. The summed E-state index contributed by atoms with van der Waals surface area (Å²) in [6.45, 7) is 4.00. The van der Waals surface area contributed by atoms with Crippen LogP contribution in [-0.2, 0) is 9.59 Å². The number of hydrogen-bond donors (Lipinski definition) is 3. The molecule has 5 rings (SSSR count). The Bertz CT molecular complexity index is 720. The molecule has 2 atom stereocenters. The number of carboxylic acids is 1. The van der Waals surface area contributed by atoms with Crippen LogP contribution in [-0.4, -0.2) is 71.2 Å². The molecule has 5 aliphatic rings. The molecule has 2 heterocycles. The number of carboxylic acid groups (broad SMARTS) is 1. The molecule has 2 aliphatic heterocycles. The summed E-state index contributed by atoms with van der Waals surface area (Å²) >= 11 is 0. The minimum absolute atomic E-state index is 0.0810. The van der Waals surface area contributed by atoms with Gasteiger partial charge in [-0.2, -0.15) is 0 Å². The molecule has 0 bridgehead atoms. The second kappa shape index (κ2) is 12.6. The van der Waals surface area contributed by atoms with Gasteiger partial charge in [0.05, 0.1) is 11.8 Å². The molecule has 2 saturated heterocycles. The van der Waals surface area contributed by atoms with Crippen molar-refractivity contribution in [2.75, 3.05) is 26.2 Å². The van der Waals surface area contributed by atoms with Crippen LogP contribution in [0.1, 0.15) is 103 Å². The summed E-state index contributed by atoms with van der Waals surface area (Å²) in [6, 6.07) is 1.28. The Morgan fingerprint density at radius 3 is 2.08 bits per heavy atom. The van der Waals surface area contributed by atoms with E-state index in [0.29, 0.717) is 35.9 Å². The Morgan fingerprint density at radius 2 is 1.44 bits per heavy atom. The lowest BCUT2D eigenvalue weighted by Gasteiger charge is -2.41. The maximum atomic E-state index is 13.6. The number of piperidine rings is 1. The van der Waals surface area contributed by atoms with E-state index in [1.54, 1.807) is 0 Å². The van der Waals surface area contributed by atoms with Gasteiger partial charge >= 0.3 is 5.97 Å². The van der Waals surface area contributed by atoms with E-state index in [-0.39, 0.29) is 11.8 Å². The zero-order chi connectivity index (χ0) is 24.9. The minimum Gasteiger partial charge on any atom is -0.481 e. The average Bonchev–Trinajstić information content (AvgIpc) is 3.37. The zero-order valence-corrected chi connectivity index (χ0v) is 22.3. The number of carbonyl (C=O) groups excluding carboxylic acids is 1. The highest BCUT2D eigenvalue weighted by Gasteiger charge is 2.46. The summed E-state index contributed by atoms with van der Waals surface area (Å²) in [7, 11) is 0. The van der Waals surface area contributed by atoms with Crippen molar-refractivity contribution < 1.29 is 14.7 Å². The summed E-state index contributed by atoms with van der Waals surface area (Å²) in [5, 5.41) is 15.3. The average molecular weight is 503 g/mol. The highest BCUT2D eigenvalue weighted by atomic mass is 16.4. The zero-order valence-electron chi connectivity index (χ0n) is 22.3. The first kappa shape index (κ1) is 26.4. The quantitative estimate of drug-likeness (QED) is 0.484. The Hall–Kier alpha value is -1.18. The molecule has 0 aromatic carbocycles. The van der Waals surface area contributed by atoms with E-state index in [9.17, 15) is 14.7 Å². The van der Waals surface area contributed by atoms with Crippen LogP contribution in [0.3, 0.4) is 0 Å². The van der Waals surface area contributed by atoms with Crippen molar-refractivity contribution in [1.82, 2.24) is 20.7 Å². The van der Waals surface area contributed by atoms with Gasteiger partial charge in [0.1, 0.15) is 0 Å². The van der Waals surface area contributed by atoms with Gasteiger partial charge in [-0.05, 0) is 76.0 Å². The minimum atomic E-state index is -0.616. The normalized spacial score (nSPS) is 34.6. The molecule has 7 nitrogen and oxygen atoms in total. The van der Waals surface area contributed by atoms with E-state index in [4.69, 9.17) is 0 Å². The molecule has 0 spiro atoms. The fourth-order valence-corrected chi connectivity index (χ4v) is 8.16. The topological polar surface area (TPSA) is 84.9 Å². The molecule has 204 valence electrons. The van der Waals surface area contributed by atoms with E-state index in [1.807, 2.05) is 0 Å². The predicted octanol–water partition coefficient (Wildman–Crippen LogP) is 4.18. The number of aliphatic carboxylic acids is 1. The molecule has 0 radical (unpaired) electrons. The summed E-state index contributed by atoms with van der Waals surface area (Å²) in [4.78, 5) is 27.4. The third-order valence-corrected chi connectivity index (χ3v) is 10.3. The van der Waals surface area contributed by atoms with Crippen LogP contribution < -0.4 is 10.7 Å². The third kappa shape index (κ3) is 6.44. The van der Waals surface area contributed by atoms with Gasteiger partial charge in [-0.1, -0.05) is 38.5 Å². The lowest BCUT2D eigenvalue weighted by atomic mass is 9.78. The van der Waals surface area contributed by atoms with Crippen LogP contribution >= 0.6 is 0 Å². The molecule has 0 aromatic rings. The van der Waals surface area contributed by atoms with Crippen molar-refractivity contribution in [3.63, 3.8) is 0 Å². The summed E-state index contributed by atoms with van der Waals surface area (Å²) < 4.78 is 0. The number of likely N-dealkylation sites (tertiary alicyclic amines) is 1. The monoisotopic (exact) mass is 502 g/mol. The Labute approximate surface area is 218 Å². The van der Waals surface area contributed by atoms with Gasteiger partial charge in [0.25, 0.3) is 0 Å². The number of hydrogen-bond acceptors (Lipinski definition) is 5. The van der Waals surface area contributed by atoms with E-state index in [1.165, 1.54) is 64.2 Å². The van der Waals surface area contributed by atoms with Crippen molar-refractivity contribution >= 4 is 11.9 Å². The Kier molecular flexibility index (Phi) is 9.23. The largest absolute Gasteiger partial charge is 0.481 e. The van der Waals surface area contributed by atoms with Gasteiger partial charge in [-0.15, -0.1) is 0 Å². The third-order valence-electron chi connectivity index (χ3n) is 10.3. The molecule has 5 fully saturated rings. The first-order valence-corrected chi connectivity index (χ1v) is 15.4. The van der Waals surface area contributed by atoms with Gasteiger partial charge in [-0.3, -0.25) is 15.0 Å².